The molecule has 0 spiro atoms. The number of pyridine rings is 1. The van der Waals surface area contributed by atoms with Crippen LogP contribution in [0.4, 0.5) is 5.82 Å². The monoisotopic (exact) mass is 243 g/mol. The van der Waals surface area contributed by atoms with Crippen LogP contribution in [0.1, 0.15) is 6.42 Å². The number of hydrogen-bond acceptors (Lipinski definition) is 4. The van der Waals surface area contributed by atoms with Gasteiger partial charge in [-0.25, -0.2) is 4.98 Å². The normalized spacial score (nSPS) is 19.4. The fourth-order valence-electron chi connectivity index (χ4n) is 2.57. The van der Waals surface area contributed by atoms with Gasteiger partial charge in [0.2, 0.25) is 0 Å². The first kappa shape index (κ1) is 11.3. The molecule has 1 aliphatic rings. The van der Waals surface area contributed by atoms with Gasteiger partial charge in [0.1, 0.15) is 11.6 Å². The summed E-state index contributed by atoms with van der Waals surface area (Å²) in [5.41, 5.74) is 5.97. The van der Waals surface area contributed by atoms with Crippen LogP contribution >= 0.6 is 0 Å². The Hall–Kier alpha value is -1.81. The third-order valence-electron chi connectivity index (χ3n) is 3.49. The fraction of sp³-hybridized carbons (Fsp3) is 0.357. The van der Waals surface area contributed by atoms with Crippen molar-refractivity contribution in [2.24, 2.45) is 5.73 Å². The number of methoxy groups -OCH3 is 1. The summed E-state index contributed by atoms with van der Waals surface area (Å²) >= 11 is 0. The van der Waals surface area contributed by atoms with Gasteiger partial charge in [-0.1, -0.05) is 12.1 Å². The van der Waals surface area contributed by atoms with E-state index in [0.717, 1.165) is 41.9 Å². The zero-order valence-electron chi connectivity index (χ0n) is 10.5. The maximum absolute atomic E-state index is 5.97. The fourth-order valence-corrected chi connectivity index (χ4v) is 2.57. The first-order valence-electron chi connectivity index (χ1n) is 6.22. The topological polar surface area (TPSA) is 51.4 Å². The van der Waals surface area contributed by atoms with Crippen LogP contribution in [0.15, 0.2) is 30.5 Å². The Kier molecular flexibility index (Phi) is 2.80. The molecule has 3 rings (SSSR count). The third kappa shape index (κ3) is 1.78. The average molecular weight is 243 g/mol. The number of fused-ring (bicyclic) bond motifs is 1. The van der Waals surface area contributed by atoms with Gasteiger partial charge < -0.3 is 15.4 Å². The molecule has 0 amide bonds. The van der Waals surface area contributed by atoms with Gasteiger partial charge in [0, 0.05) is 36.1 Å². The quantitative estimate of drug-likeness (QED) is 0.873. The van der Waals surface area contributed by atoms with E-state index in [1.807, 2.05) is 24.4 Å². The van der Waals surface area contributed by atoms with Gasteiger partial charge in [-0.3, -0.25) is 0 Å². The molecule has 94 valence electrons. The standard InChI is InChI=1S/C14H17N3O/c1-18-13-4-2-3-12-11(13)5-7-16-14(12)17-8-6-10(15)9-17/h2-5,7,10H,6,8-9,15H2,1H3. The molecule has 0 bridgehead atoms. The molecule has 4 nitrogen and oxygen atoms in total. The molecule has 1 atom stereocenters. The molecule has 1 aliphatic heterocycles. The predicted molar refractivity (Wildman–Crippen MR) is 73.1 cm³/mol. The molecule has 0 radical (unpaired) electrons. The molecule has 0 aliphatic carbocycles. The smallest absolute Gasteiger partial charge is 0.136 e. The van der Waals surface area contributed by atoms with Crippen LogP contribution in [-0.4, -0.2) is 31.2 Å². The van der Waals surface area contributed by atoms with Gasteiger partial charge in [-0.15, -0.1) is 0 Å². The summed E-state index contributed by atoms with van der Waals surface area (Å²) in [6.45, 7) is 1.85. The summed E-state index contributed by atoms with van der Waals surface area (Å²) in [6, 6.07) is 8.31. The summed E-state index contributed by atoms with van der Waals surface area (Å²) in [5, 5.41) is 2.23. The van der Waals surface area contributed by atoms with Crippen molar-refractivity contribution in [3.05, 3.63) is 30.5 Å². The molecule has 4 heteroatoms. The summed E-state index contributed by atoms with van der Waals surface area (Å²) < 4.78 is 5.40. The number of anilines is 1. The summed E-state index contributed by atoms with van der Waals surface area (Å²) in [7, 11) is 1.70. The summed E-state index contributed by atoms with van der Waals surface area (Å²) in [6.07, 6.45) is 2.87. The number of rotatable bonds is 2. The van der Waals surface area contributed by atoms with Crippen molar-refractivity contribution in [3.63, 3.8) is 0 Å². The molecule has 1 saturated heterocycles. The van der Waals surface area contributed by atoms with Crippen LogP contribution in [0.3, 0.4) is 0 Å². The van der Waals surface area contributed by atoms with Crippen LogP contribution in [0.2, 0.25) is 0 Å². The lowest BCUT2D eigenvalue weighted by atomic mass is 10.1. The van der Waals surface area contributed by atoms with Crippen LogP contribution < -0.4 is 15.4 Å². The zero-order valence-corrected chi connectivity index (χ0v) is 10.5. The van der Waals surface area contributed by atoms with E-state index in [9.17, 15) is 0 Å². The van der Waals surface area contributed by atoms with Gasteiger partial charge >= 0.3 is 0 Å². The Morgan fingerprint density at radius 1 is 1.33 bits per heavy atom. The second kappa shape index (κ2) is 4.46. The van der Waals surface area contributed by atoms with Crippen molar-refractivity contribution in [1.82, 2.24) is 4.98 Å². The number of hydrogen-bond donors (Lipinski definition) is 1. The first-order chi connectivity index (χ1) is 8.79. The summed E-state index contributed by atoms with van der Waals surface area (Å²) in [4.78, 5) is 6.77. The van der Waals surface area contributed by atoms with E-state index in [2.05, 4.69) is 16.0 Å². The van der Waals surface area contributed by atoms with Crippen molar-refractivity contribution < 1.29 is 4.74 Å². The van der Waals surface area contributed by atoms with E-state index in [0.29, 0.717) is 0 Å². The molecular weight excluding hydrogens is 226 g/mol. The lowest BCUT2D eigenvalue weighted by Gasteiger charge is -2.19. The van der Waals surface area contributed by atoms with Crippen molar-refractivity contribution in [3.8, 4) is 5.75 Å². The minimum absolute atomic E-state index is 0.257. The number of benzene rings is 1. The Morgan fingerprint density at radius 3 is 2.94 bits per heavy atom. The number of aromatic nitrogens is 1. The Balaban J connectivity index is 2.12. The lowest BCUT2D eigenvalue weighted by Crippen LogP contribution is -2.26. The second-order valence-electron chi connectivity index (χ2n) is 4.68. The van der Waals surface area contributed by atoms with E-state index >= 15 is 0 Å². The van der Waals surface area contributed by atoms with Gasteiger partial charge in [-0.05, 0) is 18.6 Å². The van der Waals surface area contributed by atoms with Crippen LogP contribution in [0.25, 0.3) is 10.8 Å². The predicted octanol–water partition coefficient (Wildman–Crippen LogP) is 1.78. The highest BCUT2D eigenvalue weighted by Gasteiger charge is 2.22. The van der Waals surface area contributed by atoms with Crippen molar-refractivity contribution in [2.45, 2.75) is 12.5 Å². The van der Waals surface area contributed by atoms with Gasteiger partial charge in [-0.2, -0.15) is 0 Å². The zero-order chi connectivity index (χ0) is 12.5. The van der Waals surface area contributed by atoms with E-state index in [4.69, 9.17) is 10.5 Å². The lowest BCUT2D eigenvalue weighted by molar-refractivity contribution is 0.420. The number of ether oxygens (including phenoxy) is 1. The van der Waals surface area contributed by atoms with Crippen molar-refractivity contribution >= 4 is 16.6 Å². The highest BCUT2D eigenvalue weighted by atomic mass is 16.5. The molecule has 2 aromatic rings. The maximum atomic E-state index is 5.97. The second-order valence-corrected chi connectivity index (χ2v) is 4.68. The van der Waals surface area contributed by atoms with Crippen molar-refractivity contribution in [2.75, 3.05) is 25.1 Å². The summed E-state index contributed by atoms with van der Waals surface area (Å²) in [5.74, 6) is 1.90. The van der Waals surface area contributed by atoms with Gasteiger partial charge in [0.15, 0.2) is 0 Å². The highest BCUT2D eigenvalue weighted by molar-refractivity contribution is 5.96. The maximum Gasteiger partial charge on any atom is 0.136 e. The highest BCUT2D eigenvalue weighted by Crippen LogP contribution is 2.32. The molecule has 2 N–H and O–H groups in total. The van der Waals surface area contributed by atoms with Crippen LogP contribution in [-0.2, 0) is 0 Å². The first-order valence-corrected chi connectivity index (χ1v) is 6.22. The van der Waals surface area contributed by atoms with Gasteiger partial charge in [0.05, 0.1) is 7.11 Å². The van der Waals surface area contributed by atoms with E-state index in [-0.39, 0.29) is 6.04 Å². The SMILES string of the molecule is COc1cccc2c(N3CCC(N)C3)nccc12. The molecule has 2 heterocycles. The molecule has 1 fully saturated rings. The molecule has 1 aromatic carbocycles. The minimum Gasteiger partial charge on any atom is -0.496 e. The average Bonchev–Trinajstić information content (AvgIpc) is 2.84. The molecule has 18 heavy (non-hydrogen) atoms. The molecule has 1 aromatic heterocycles. The Morgan fingerprint density at radius 2 is 2.22 bits per heavy atom. The van der Waals surface area contributed by atoms with Gasteiger partial charge in [0.25, 0.3) is 0 Å². The Bertz CT molecular complexity index is 570. The van der Waals surface area contributed by atoms with Crippen molar-refractivity contribution in [1.29, 1.82) is 0 Å². The Labute approximate surface area is 106 Å². The minimum atomic E-state index is 0.257. The molecular formula is C14H17N3O. The van der Waals surface area contributed by atoms with E-state index in [1.165, 1.54) is 0 Å². The van der Waals surface area contributed by atoms with Crippen LogP contribution in [0.5, 0.6) is 5.75 Å². The number of nitrogens with two attached hydrogens (primary N) is 1. The third-order valence-corrected chi connectivity index (χ3v) is 3.49. The largest absolute Gasteiger partial charge is 0.496 e. The molecule has 1 unspecified atom stereocenters. The van der Waals surface area contributed by atoms with E-state index in [1.54, 1.807) is 7.11 Å². The van der Waals surface area contributed by atoms with E-state index < -0.39 is 0 Å². The molecule has 0 saturated carbocycles. The number of nitrogens with zero attached hydrogens (tertiary/aromatic N) is 2. The van der Waals surface area contributed by atoms with Crippen LogP contribution in [0, 0.1) is 0 Å².